The van der Waals surface area contributed by atoms with Gasteiger partial charge in [0.05, 0.1) is 0 Å². The molecule has 0 fully saturated rings. The summed E-state index contributed by atoms with van der Waals surface area (Å²) < 4.78 is 5.24. The van der Waals surface area contributed by atoms with E-state index in [0.29, 0.717) is 5.57 Å². The van der Waals surface area contributed by atoms with Crippen molar-refractivity contribution in [3.8, 4) is 0 Å². The lowest BCUT2D eigenvalue weighted by molar-refractivity contribution is -0.143. The number of carbonyl (C=O) groups excluding carboxylic acids is 1. The Hall–Kier alpha value is -1.57. The van der Waals surface area contributed by atoms with Crippen molar-refractivity contribution in [2.24, 2.45) is 0 Å². The van der Waals surface area contributed by atoms with Crippen LogP contribution in [0.15, 0.2) is 36.4 Å². The molecule has 0 aliphatic rings. The van der Waals surface area contributed by atoms with E-state index in [-0.39, 0.29) is 12.1 Å². The number of aryl methyl sites for hydroxylation is 1. The molecule has 2 nitrogen and oxygen atoms in total. The number of esters is 1. The first kappa shape index (κ1) is 11.5. The van der Waals surface area contributed by atoms with Gasteiger partial charge in [0, 0.05) is 5.57 Å². The first-order valence-electron chi connectivity index (χ1n) is 4.94. The fraction of sp³-hybridized carbons (Fsp3) is 0.308. The van der Waals surface area contributed by atoms with Gasteiger partial charge in [-0.15, -0.1) is 0 Å². The highest BCUT2D eigenvalue weighted by Gasteiger charge is 2.13. The van der Waals surface area contributed by atoms with Gasteiger partial charge in [-0.05, 0) is 31.9 Å². The summed E-state index contributed by atoms with van der Waals surface area (Å²) in [5.74, 6) is -0.342. The Morgan fingerprint density at radius 3 is 2.53 bits per heavy atom. The standard InChI is InChI=1S/C13H16O2/c1-9(2)13(14)15-11(4)12-8-6-5-7-10(12)3/h5-8,11H,1H2,2-4H3. The Labute approximate surface area is 90.6 Å². The highest BCUT2D eigenvalue weighted by atomic mass is 16.5. The molecule has 1 aromatic rings. The van der Waals surface area contributed by atoms with Crippen LogP contribution in [0.1, 0.15) is 31.1 Å². The summed E-state index contributed by atoms with van der Waals surface area (Å²) in [6, 6.07) is 7.87. The Morgan fingerprint density at radius 1 is 1.40 bits per heavy atom. The van der Waals surface area contributed by atoms with E-state index in [9.17, 15) is 4.79 Å². The number of hydrogen-bond acceptors (Lipinski definition) is 2. The fourth-order valence-corrected chi connectivity index (χ4v) is 1.37. The predicted octanol–water partition coefficient (Wildman–Crippen LogP) is 3.18. The molecule has 0 heterocycles. The summed E-state index contributed by atoms with van der Waals surface area (Å²) in [6.07, 6.45) is -0.226. The molecule has 0 saturated carbocycles. The molecule has 0 spiro atoms. The topological polar surface area (TPSA) is 26.3 Å². The van der Waals surface area contributed by atoms with Crippen molar-refractivity contribution >= 4 is 5.97 Å². The zero-order valence-electron chi connectivity index (χ0n) is 9.41. The second-order valence-electron chi connectivity index (χ2n) is 3.68. The SMILES string of the molecule is C=C(C)C(=O)OC(C)c1ccccc1C. The van der Waals surface area contributed by atoms with E-state index in [0.717, 1.165) is 11.1 Å². The zero-order valence-corrected chi connectivity index (χ0v) is 9.41. The van der Waals surface area contributed by atoms with Crippen molar-refractivity contribution in [3.05, 3.63) is 47.5 Å². The van der Waals surface area contributed by atoms with Gasteiger partial charge in [-0.25, -0.2) is 4.79 Å². The minimum absolute atomic E-state index is 0.226. The maximum atomic E-state index is 11.3. The van der Waals surface area contributed by atoms with Crippen LogP contribution < -0.4 is 0 Å². The Bertz CT molecular complexity index is 380. The number of hydrogen-bond donors (Lipinski definition) is 0. The van der Waals surface area contributed by atoms with E-state index >= 15 is 0 Å². The first-order chi connectivity index (χ1) is 7.02. The highest BCUT2D eigenvalue weighted by Crippen LogP contribution is 2.21. The van der Waals surface area contributed by atoms with Crippen molar-refractivity contribution in [1.29, 1.82) is 0 Å². The molecule has 0 amide bonds. The molecule has 0 saturated heterocycles. The van der Waals surface area contributed by atoms with E-state index in [1.54, 1.807) is 6.92 Å². The van der Waals surface area contributed by atoms with Crippen LogP contribution in [-0.4, -0.2) is 5.97 Å². The number of ether oxygens (including phenoxy) is 1. The molecule has 0 aromatic heterocycles. The summed E-state index contributed by atoms with van der Waals surface area (Å²) in [5.41, 5.74) is 2.59. The van der Waals surface area contributed by atoms with E-state index in [2.05, 4.69) is 6.58 Å². The van der Waals surface area contributed by atoms with Gasteiger partial charge >= 0.3 is 5.97 Å². The summed E-state index contributed by atoms with van der Waals surface area (Å²) in [5, 5.41) is 0. The molecule has 0 N–H and O–H groups in total. The molecule has 2 heteroatoms. The molecular formula is C13H16O2. The van der Waals surface area contributed by atoms with Crippen LogP contribution in [0.5, 0.6) is 0 Å². The third-order valence-corrected chi connectivity index (χ3v) is 2.26. The van der Waals surface area contributed by atoms with E-state index in [1.807, 2.05) is 38.1 Å². The van der Waals surface area contributed by atoms with E-state index < -0.39 is 0 Å². The lowest BCUT2D eigenvalue weighted by atomic mass is 10.0. The predicted molar refractivity (Wildman–Crippen MR) is 60.5 cm³/mol. The average molecular weight is 204 g/mol. The largest absolute Gasteiger partial charge is 0.454 e. The van der Waals surface area contributed by atoms with Gasteiger partial charge < -0.3 is 4.74 Å². The van der Waals surface area contributed by atoms with Crippen LogP contribution in [0.4, 0.5) is 0 Å². The van der Waals surface area contributed by atoms with Crippen LogP contribution in [0.2, 0.25) is 0 Å². The number of rotatable bonds is 3. The van der Waals surface area contributed by atoms with Crippen LogP contribution >= 0.6 is 0 Å². The Kier molecular flexibility index (Phi) is 3.67. The number of benzene rings is 1. The van der Waals surface area contributed by atoms with Crippen LogP contribution in [0.25, 0.3) is 0 Å². The minimum atomic E-state index is -0.342. The van der Waals surface area contributed by atoms with Crippen molar-refractivity contribution in [3.63, 3.8) is 0 Å². The van der Waals surface area contributed by atoms with E-state index in [1.165, 1.54) is 0 Å². The van der Waals surface area contributed by atoms with Crippen molar-refractivity contribution in [2.75, 3.05) is 0 Å². The fourth-order valence-electron chi connectivity index (χ4n) is 1.37. The second kappa shape index (κ2) is 4.78. The molecule has 80 valence electrons. The number of carbonyl (C=O) groups is 1. The summed E-state index contributed by atoms with van der Waals surface area (Å²) in [4.78, 5) is 11.3. The van der Waals surface area contributed by atoms with Gasteiger partial charge in [0.25, 0.3) is 0 Å². The maximum absolute atomic E-state index is 11.3. The first-order valence-corrected chi connectivity index (χ1v) is 4.94. The Morgan fingerprint density at radius 2 is 2.00 bits per heavy atom. The third-order valence-electron chi connectivity index (χ3n) is 2.26. The average Bonchev–Trinajstić information content (AvgIpc) is 2.18. The molecule has 0 bridgehead atoms. The molecule has 0 radical (unpaired) electrons. The molecule has 15 heavy (non-hydrogen) atoms. The summed E-state index contributed by atoms with van der Waals surface area (Å²) in [6.45, 7) is 9.06. The van der Waals surface area contributed by atoms with Crippen molar-refractivity contribution in [2.45, 2.75) is 26.9 Å². The lowest BCUT2D eigenvalue weighted by Gasteiger charge is -2.15. The van der Waals surface area contributed by atoms with E-state index in [4.69, 9.17) is 4.74 Å². The smallest absolute Gasteiger partial charge is 0.333 e. The molecule has 0 aliphatic carbocycles. The molecule has 1 rings (SSSR count). The molecule has 1 unspecified atom stereocenters. The van der Waals surface area contributed by atoms with Crippen LogP contribution in [0.3, 0.4) is 0 Å². The van der Waals surface area contributed by atoms with Gasteiger partial charge in [-0.3, -0.25) is 0 Å². The van der Waals surface area contributed by atoms with Gasteiger partial charge in [0.15, 0.2) is 0 Å². The normalized spacial score (nSPS) is 11.9. The molecule has 1 atom stereocenters. The second-order valence-corrected chi connectivity index (χ2v) is 3.68. The van der Waals surface area contributed by atoms with Gasteiger partial charge in [-0.1, -0.05) is 30.8 Å². The maximum Gasteiger partial charge on any atom is 0.333 e. The van der Waals surface area contributed by atoms with Crippen LogP contribution in [-0.2, 0) is 9.53 Å². The molecule has 0 aliphatic heterocycles. The Balaban J connectivity index is 2.78. The van der Waals surface area contributed by atoms with Crippen LogP contribution in [0, 0.1) is 6.92 Å². The minimum Gasteiger partial charge on any atom is -0.454 e. The zero-order chi connectivity index (χ0) is 11.4. The monoisotopic (exact) mass is 204 g/mol. The molecular weight excluding hydrogens is 188 g/mol. The van der Waals surface area contributed by atoms with Gasteiger partial charge in [0.2, 0.25) is 0 Å². The van der Waals surface area contributed by atoms with Gasteiger partial charge in [-0.2, -0.15) is 0 Å². The van der Waals surface area contributed by atoms with Crippen molar-refractivity contribution < 1.29 is 9.53 Å². The third kappa shape index (κ3) is 2.94. The summed E-state index contributed by atoms with van der Waals surface area (Å²) >= 11 is 0. The lowest BCUT2D eigenvalue weighted by Crippen LogP contribution is -2.10. The quantitative estimate of drug-likeness (QED) is 0.558. The molecule has 1 aromatic carbocycles. The summed E-state index contributed by atoms with van der Waals surface area (Å²) in [7, 11) is 0. The highest BCUT2D eigenvalue weighted by molar-refractivity contribution is 5.87. The van der Waals surface area contributed by atoms with Gasteiger partial charge in [0.1, 0.15) is 6.10 Å². The van der Waals surface area contributed by atoms with Crippen molar-refractivity contribution in [1.82, 2.24) is 0 Å².